The van der Waals surface area contributed by atoms with Gasteiger partial charge in [-0.25, -0.2) is 13.1 Å². The van der Waals surface area contributed by atoms with Crippen molar-refractivity contribution < 1.29 is 22.7 Å². The van der Waals surface area contributed by atoms with E-state index < -0.39 is 16.1 Å². The molecule has 0 aromatic heterocycles. The minimum Gasteiger partial charge on any atom is -0.383 e. The number of rotatable bonds is 10. The van der Waals surface area contributed by atoms with Crippen molar-refractivity contribution in [3.05, 3.63) is 29.8 Å². The number of methoxy groups -OCH3 is 1. The highest BCUT2D eigenvalue weighted by molar-refractivity contribution is 7.89. The maximum atomic E-state index is 12.5. The van der Waals surface area contributed by atoms with E-state index >= 15 is 0 Å². The number of sulfonamides is 1. The van der Waals surface area contributed by atoms with Crippen LogP contribution < -0.4 is 15.4 Å². The predicted molar refractivity (Wildman–Crippen MR) is 114 cm³/mol. The summed E-state index contributed by atoms with van der Waals surface area (Å²) >= 11 is 0. The van der Waals surface area contributed by atoms with Crippen molar-refractivity contribution in [2.45, 2.75) is 50.5 Å². The number of aryl methyl sites for hydroxylation is 1. The van der Waals surface area contributed by atoms with Gasteiger partial charge in [0.15, 0.2) is 0 Å². The summed E-state index contributed by atoms with van der Waals surface area (Å²) in [6, 6.07) is 6.15. The molecular weight excluding hydrogens is 406 g/mol. The SMILES string of the molecule is COCCNC(=O)[C@H](C)NC(=O)C1CCC(CNS(=O)(=O)c2ccc(C)cc2)CC1. The van der Waals surface area contributed by atoms with Crippen LogP contribution in [-0.2, 0) is 24.3 Å². The van der Waals surface area contributed by atoms with Crippen molar-refractivity contribution in [3.8, 4) is 0 Å². The third-order valence-electron chi connectivity index (χ3n) is 5.47. The van der Waals surface area contributed by atoms with Gasteiger partial charge in [-0.15, -0.1) is 0 Å². The Morgan fingerprint density at radius 3 is 2.37 bits per heavy atom. The fraction of sp³-hybridized carbons (Fsp3) is 0.619. The van der Waals surface area contributed by atoms with Crippen LogP contribution in [0.1, 0.15) is 38.2 Å². The molecule has 3 N–H and O–H groups in total. The average Bonchev–Trinajstić information content (AvgIpc) is 2.73. The first kappa shape index (κ1) is 24.3. The number of nitrogens with one attached hydrogen (secondary N) is 3. The summed E-state index contributed by atoms with van der Waals surface area (Å²) in [5.41, 5.74) is 1.01. The second kappa shape index (κ2) is 11.4. The van der Waals surface area contributed by atoms with E-state index in [4.69, 9.17) is 4.74 Å². The molecule has 1 aromatic rings. The fourth-order valence-corrected chi connectivity index (χ4v) is 4.60. The van der Waals surface area contributed by atoms with E-state index in [-0.39, 0.29) is 28.5 Å². The molecule has 0 heterocycles. The van der Waals surface area contributed by atoms with Crippen molar-refractivity contribution in [2.24, 2.45) is 11.8 Å². The van der Waals surface area contributed by atoms with Crippen LogP contribution in [0, 0.1) is 18.8 Å². The van der Waals surface area contributed by atoms with E-state index in [1.807, 2.05) is 6.92 Å². The van der Waals surface area contributed by atoms with Crippen LogP contribution in [0.4, 0.5) is 0 Å². The van der Waals surface area contributed by atoms with Crippen LogP contribution in [0.2, 0.25) is 0 Å². The summed E-state index contributed by atoms with van der Waals surface area (Å²) in [5, 5.41) is 5.47. The molecule has 2 rings (SSSR count). The fourth-order valence-electron chi connectivity index (χ4n) is 3.48. The largest absolute Gasteiger partial charge is 0.383 e. The number of carbonyl (C=O) groups excluding carboxylic acids is 2. The standard InChI is InChI=1S/C21H33N3O5S/c1-15-4-10-19(11-5-15)30(27,28)23-14-17-6-8-18(9-7-17)21(26)24-16(2)20(25)22-12-13-29-3/h4-5,10-11,16-18,23H,6-9,12-14H2,1-3H3,(H,22,25)(H,24,26)/t16-,17?,18?/m0/s1. The smallest absolute Gasteiger partial charge is 0.242 e. The zero-order chi connectivity index (χ0) is 22.1. The molecule has 0 saturated heterocycles. The molecule has 8 nitrogen and oxygen atoms in total. The summed E-state index contributed by atoms with van der Waals surface area (Å²) in [6.45, 7) is 4.75. The van der Waals surface area contributed by atoms with Gasteiger partial charge >= 0.3 is 0 Å². The molecule has 0 spiro atoms. The number of carbonyl (C=O) groups is 2. The Kier molecular flexibility index (Phi) is 9.26. The van der Waals surface area contributed by atoms with Crippen LogP contribution >= 0.6 is 0 Å². The third-order valence-corrected chi connectivity index (χ3v) is 6.91. The summed E-state index contributed by atoms with van der Waals surface area (Å²) in [5.74, 6) is -0.309. The zero-order valence-electron chi connectivity index (χ0n) is 17.9. The van der Waals surface area contributed by atoms with E-state index in [0.29, 0.717) is 32.5 Å². The Morgan fingerprint density at radius 2 is 1.77 bits per heavy atom. The van der Waals surface area contributed by atoms with Crippen molar-refractivity contribution >= 4 is 21.8 Å². The second-order valence-electron chi connectivity index (χ2n) is 7.90. The van der Waals surface area contributed by atoms with Gasteiger partial charge in [0, 0.05) is 26.1 Å². The molecular formula is C21H33N3O5S. The van der Waals surface area contributed by atoms with Gasteiger partial charge in [-0.3, -0.25) is 9.59 Å². The Hall–Kier alpha value is -1.97. The summed E-state index contributed by atoms with van der Waals surface area (Å²) in [6.07, 6.45) is 2.90. The van der Waals surface area contributed by atoms with Crippen LogP contribution in [0.25, 0.3) is 0 Å². The molecule has 168 valence electrons. The van der Waals surface area contributed by atoms with Gasteiger partial charge in [0.25, 0.3) is 0 Å². The molecule has 1 aromatic carbocycles. The number of hydrogen-bond acceptors (Lipinski definition) is 5. The second-order valence-corrected chi connectivity index (χ2v) is 9.66. The van der Waals surface area contributed by atoms with Crippen molar-refractivity contribution in [1.82, 2.24) is 15.4 Å². The summed E-state index contributed by atoms with van der Waals surface area (Å²) in [4.78, 5) is 24.7. The number of amides is 2. The van der Waals surface area contributed by atoms with Crippen LogP contribution in [-0.4, -0.2) is 53.1 Å². The molecule has 0 aliphatic heterocycles. The highest BCUT2D eigenvalue weighted by Crippen LogP contribution is 2.29. The van der Waals surface area contributed by atoms with Crippen molar-refractivity contribution in [2.75, 3.05) is 26.8 Å². The molecule has 1 saturated carbocycles. The number of ether oxygens (including phenoxy) is 1. The first-order chi connectivity index (χ1) is 14.2. The molecule has 1 aliphatic rings. The zero-order valence-corrected chi connectivity index (χ0v) is 18.8. The molecule has 0 radical (unpaired) electrons. The molecule has 0 bridgehead atoms. The minimum absolute atomic E-state index is 0.122. The Morgan fingerprint density at radius 1 is 1.13 bits per heavy atom. The van der Waals surface area contributed by atoms with Gasteiger partial charge in [0.1, 0.15) is 6.04 Å². The van der Waals surface area contributed by atoms with Gasteiger partial charge < -0.3 is 15.4 Å². The van der Waals surface area contributed by atoms with E-state index in [9.17, 15) is 18.0 Å². The molecule has 30 heavy (non-hydrogen) atoms. The Bertz CT molecular complexity index is 802. The van der Waals surface area contributed by atoms with E-state index in [2.05, 4.69) is 15.4 Å². The Labute approximate surface area is 179 Å². The van der Waals surface area contributed by atoms with E-state index in [1.54, 1.807) is 38.3 Å². The first-order valence-electron chi connectivity index (χ1n) is 10.4. The van der Waals surface area contributed by atoms with Crippen molar-refractivity contribution in [1.29, 1.82) is 0 Å². The van der Waals surface area contributed by atoms with Crippen molar-refractivity contribution in [3.63, 3.8) is 0 Å². The number of benzene rings is 1. The van der Waals surface area contributed by atoms with Crippen LogP contribution in [0.15, 0.2) is 29.2 Å². The maximum Gasteiger partial charge on any atom is 0.242 e. The number of hydrogen-bond donors (Lipinski definition) is 3. The molecule has 9 heteroatoms. The van der Waals surface area contributed by atoms with Gasteiger partial charge in [0.2, 0.25) is 21.8 Å². The summed E-state index contributed by atoms with van der Waals surface area (Å²) in [7, 11) is -1.97. The predicted octanol–water partition coefficient (Wildman–Crippen LogP) is 1.35. The lowest BCUT2D eigenvalue weighted by Crippen LogP contribution is -2.47. The normalized spacial score (nSPS) is 20.4. The van der Waals surface area contributed by atoms with Gasteiger partial charge in [-0.05, 0) is 57.6 Å². The average molecular weight is 440 g/mol. The van der Waals surface area contributed by atoms with Crippen LogP contribution in [0.3, 0.4) is 0 Å². The van der Waals surface area contributed by atoms with E-state index in [1.165, 1.54) is 0 Å². The lowest BCUT2D eigenvalue weighted by Gasteiger charge is -2.28. The van der Waals surface area contributed by atoms with E-state index in [0.717, 1.165) is 18.4 Å². The van der Waals surface area contributed by atoms with Gasteiger partial charge in [0.05, 0.1) is 11.5 Å². The third kappa shape index (κ3) is 7.37. The first-order valence-corrected chi connectivity index (χ1v) is 11.8. The summed E-state index contributed by atoms with van der Waals surface area (Å²) < 4.78 is 32.4. The quantitative estimate of drug-likeness (QED) is 0.476. The van der Waals surface area contributed by atoms with Gasteiger partial charge in [-0.2, -0.15) is 0 Å². The Balaban J connectivity index is 1.74. The molecule has 0 unspecified atom stereocenters. The highest BCUT2D eigenvalue weighted by atomic mass is 32.2. The maximum absolute atomic E-state index is 12.5. The van der Waals surface area contributed by atoms with Crippen LogP contribution in [0.5, 0.6) is 0 Å². The van der Waals surface area contributed by atoms with Gasteiger partial charge in [-0.1, -0.05) is 17.7 Å². The topological polar surface area (TPSA) is 114 Å². The molecule has 1 fully saturated rings. The monoisotopic (exact) mass is 439 g/mol. The lowest BCUT2D eigenvalue weighted by atomic mass is 9.81. The molecule has 1 aliphatic carbocycles. The lowest BCUT2D eigenvalue weighted by molar-refractivity contribution is -0.131. The molecule has 1 atom stereocenters. The highest BCUT2D eigenvalue weighted by Gasteiger charge is 2.28. The minimum atomic E-state index is -3.52. The molecule has 2 amide bonds.